The molecule has 6 aromatic rings. The molecule has 4 aromatic carbocycles. The molecule has 7 heteroatoms. The third kappa shape index (κ3) is 5.78. The van der Waals surface area contributed by atoms with Crippen molar-refractivity contribution in [2.24, 2.45) is 0 Å². The van der Waals surface area contributed by atoms with E-state index in [2.05, 4.69) is 0 Å². The van der Waals surface area contributed by atoms with E-state index in [-0.39, 0.29) is 5.78 Å². The van der Waals surface area contributed by atoms with E-state index in [0.717, 1.165) is 33.9 Å². The fourth-order valence-corrected chi connectivity index (χ4v) is 5.58. The van der Waals surface area contributed by atoms with Gasteiger partial charge in [-0.05, 0) is 87.4 Å². The molecule has 0 N–H and O–H groups in total. The summed E-state index contributed by atoms with van der Waals surface area (Å²) in [7, 11) is 0. The molecular formula is C39H32N4O3. The summed E-state index contributed by atoms with van der Waals surface area (Å²) in [5.41, 5.74) is 6.25. The zero-order valence-electron chi connectivity index (χ0n) is 25.6. The quantitative estimate of drug-likeness (QED) is 0.162. The molecule has 2 heterocycles. The lowest BCUT2D eigenvalue weighted by Gasteiger charge is -2.10. The van der Waals surface area contributed by atoms with Crippen LogP contribution < -0.4 is 9.47 Å². The molecular weight excluding hydrogens is 572 g/mol. The van der Waals surface area contributed by atoms with Crippen molar-refractivity contribution in [2.75, 3.05) is 0 Å². The third-order valence-corrected chi connectivity index (χ3v) is 7.93. The second kappa shape index (κ2) is 12.6. The summed E-state index contributed by atoms with van der Waals surface area (Å²) >= 11 is 0. The lowest BCUT2D eigenvalue weighted by molar-refractivity contribution is -0.111. The number of carbonyl (C=O) groups is 1. The molecule has 226 valence electrons. The molecule has 1 aliphatic rings. The van der Waals surface area contributed by atoms with Gasteiger partial charge in [0, 0.05) is 11.1 Å². The molecule has 7 rings (SSSR count). The topological polar surface area (TPSA) is 71.2 Å². The zero-order chi connectivity index (χ0) is 31.5. The predicted molar refractivity (Wildman–Crippen MR) is 180 cm³/mol. The minimum absolute atomic E-state index is 0.00459. The number of nitrogens with zero attached hydrogens (tertiary/aromatic N) is 4. The molecule has 1 saturated carbocycles. The van der Waals surface area contributed by atoms with Crippen molar-refractivity contribution < 1.29 is 14.3 Å². The van der Waals surface area contributed by atoms with Crippen LogP contribution in [0.1, 0.15) is 35.4 Å². The van der Waals surface area contributed by atoms with Gasteiger partial charge in [0.05, 0.1) is 33.9 Å². The van der Waals surface area contributed by atoms with Crippen LogP contribution in [0.4, 0.5) is 0 Å². The molecule has 0 spiro atoms. The number of aryl methyl sites for hydroxylation is 2. The number of hydrogen-bond donors (Lipinski definition) is 0. The van der Waals surface area contributed by atoms with Crippen LogP contribution in [0, 0.1) is 13.8 Å². The highest BCUT2D eigenvalue weighted by Gasteiger charge is 2.28. The Morgan fingerprint density at radius 1 is 0.543 bits per heavy atom. The molecule has 0 bridgehead atoms. The van der Waals surface area contributed by atoms with Crippen molar-refractivity contribution in [2.45, 2.75) is 26.7 Å². The van der Waals surface area contributed by atoms with Gasteiger partial charge in [-0.1, -0.05) is 72.8 Å². The van der Waals surface area contributed by atoms with Crippen molar-refractivity contribution >= 4 is 17.9 Å². The summed E-state index contributed by atoms with van der Waals surface area (Å²) in [6.45, 7) is 3.88. The van der Waals surface area contributed by atoms with E-state index in [4.69, 9.17) is 19.7 Å². The van der Waals surface area contributed by atoms with E-state index in [1.165, 1.54) is 0 Å². The minimum Gasteiger partial charge on any atom is -0.438 e. The Kier molecular flexibility index (Phi) is 7.87. The highest BCUT2D eigenvalue weighted by atomic mass is 16.5. The second-order valence-corrected chi connectivity index (χ2v) is 11.1. The second-order valence-electron chi connectivity index (χ2n) is 11.1. The first-order valence-electron chi connectivity index (χ1n) is 15.3. The maximum Gasteiger partial charge on any atom is 0.230 e. The zero-order valence-corrected chi connectivity index (χ0v) is 25.6. The van der Waals surface area contributed by atoms with Gasteiger partial charge in [0.2, 0.25) is 11.8 Å². The van der Waals surface area contributed by atoms with Gasteiger partial charge in [-0.3, -0.25) is 4.79 Å². The van der Waals surface area contributed by atoms with E-state index >= 15 is 0 Å². The molecule has 0 amide bonds. The molecule has 0 aliphatic heterocycles. The molecule has 1 fully saturated rings. The minimum atomic E-state index is -0.00459. The van der Waals surface area contributed by atoms with E-state index in [0.29, 0.717) is 47.2 Å². The molecule has 1 aliphatic carbocycles. The first-order valence-corrected chi connectivity index (χ1v) is 15.3. The molecule has 7 nitrogen and oxygen atoms in total. The van der Waals surface area contributed by atoms with Gasteiger partial charge in [-0.2, -0.15) is 19.6 Å². The van der Waals surface area contributed by atoms with E-state index < -0.39 is 0 Å². The van der Waals surface area contributed by atoms with Crippen molar-refractivity contribution in [1.82, 2.24) is 19.6 Å². The van der Waals surface area contributed by atoms with Gasteiger partial charge in [-0.25, -0.2) is 0 Å². The fourth-order valence-electron chi connectivity index (χ4n) is 5.58. The van der Waals surface area contributed by atoms with Crippen LogP contribution in [0.25, 0.3) is 23.5 Å². The van der Waals surface area contributed by atoms with Gasteiger partial charge in [0.15, 0.2) is 5.78 Å². The number of Topliss-reactive ketones (excluding diaryl/α,β-unsaturated/α-hetero) is 1. The van der Waals surface area contributed by atoms with Crippen LogP contribution in [-0.2, 0) is 4.79 Å². The van der Waals surface area contributed by atoms with Gasteiger partial charge in [0.1, 0.15) is 11.5 Å². The molecule has 0 radical (unpaired) electrons. The largest absolute Gasteiger partial charge is 0.438 e. The number of ether oxygens (including phenoxy) is 2. The van der Waals surface area contributed by atoms with Crippen LogP contribution in [-0.4, -0.2) is 25.3 Å². The molecule has 0 saturated heterocycles. The van der Waals surface area contributed by atoms with E-state index in [1.807, 2.05) is 147 Å². The number of benzene rings is 4. The number of para-hydroxylation sites is 4. The Morgan fingerprint density at radius 2 is 0.891 bits per heavy atom. The Morgan fingerprint density at radius 3 is 1.26 bits per heavy atom. The number of rotatable bonds is 8. The molecule has 2 aromatic heterocycles. The lowest BCUT2D eigenvalue weighted by Crippen LogP contribution is -2.01. The Labute approximate surface area is 267 Å². The van der Waals surface area contributed by atoms with Crippen molar-refractivity contribution in [3.8, 4) is 34.6 Å². The standard InChI is InChI=1S/C39H32N4O3/c1-27-35(38(45-33-19-11-5-12-20-33)42(40-27)31-15-7-3-8-16-31)25-29-23-24-30(37(29)44)26-36-28(2)41-43(32-17-9-4-10-18-32)39(36)46-34-21-13-6-14-22-34/h3-22,25-26H,23-24H2,1-2H3/b29-25+,30-26+. The average Bonchev–Trinajstić information content (AvgIpc) is 3.71. The van der Waals surface area contributed by atoms with Gasteiger partial charge in [-0.15, -0.1) is 0 Å². The monoisotopic (exact) mass is 604 g/mol. The summed E-state index contributed by atoms with van der Waals surface area (Å²) in [5, 5.41) is 9.64. The van der Waals surface area contributed by atoms with Crippen LogP contribution in [0.5, 0.6) is 23.3 Å². The lowest BCUT2D eigenvalue weighted by atomic mass is 10.1. The van der Waals surface area contributed by atoms with Crippen molar-refractivity contribution in [3.05, 3.63) is 155 Å². The Bertz CT molecular complexity index is 1910. The van der Waals surface area contributed by atoms with Crippen LogP contribution >= 0.6 is 0 Å². The first-order chi connectivity index (χ1) is 22.5. The smallest absolute Gasteiger partial charge is 0.230 e. The fraction of sp³-hybridized carbons (Fsp3) is 0.103. The average molecular weight is 605 g/mol. The third-order valence-electron chi connectivity index (χ3n) is 7.93. The van der Waals surface area contributed by atoms with E-state index in [1.54, 1.807) is 9.36 Å². The maximum atomic E-state index is 14.0. The molecule has 46 heavy (non-hydrogen) atoms. The van der Waals surface area contributed by atoms with Crippen LogP contribution in [0.3, 0.4) is 0 Å². The highest BCUT2D eigenvalue weighted by molar-refractivity contribution is 6.16. The Hall–Kier alpha value is -5.95. The van der Waals surface area contributed by atoms with Crippen LogP contribution in [0.15, 0.2) is 132 Å². The normalized spacial score (nSPS) is 14.7. The summed E-state index contributed by atoms with van der Waals surface area (Å²) < 4.78 is 16.4. The summed E-state index contributed by atoms with van der Waals surface area (Å²) in [6, 6.07) is 39.0. The van der Waals surface area contributed by atoms with Crippen LogP contribution in [0.2, 0.25) is 0 Å². The summed E-state index contributed by atoms with van der Waals surface area (Å²) in [6.07, 6.45) is 5.08. The predicted octanol–water partition coefficient (Wildman–Crippen LogP) is 9.09. The van der Waals surface area contributed by atoms with Crippen molar-refractivity contribution in [1.29, 1.82) is 0 Å². The van der Waals surface area contributed by atoms with E-state index in [9.17, 15) is 4.79 Å². The number of ketones is 1. The number of aromatic nitrogens is 4. The molecule has 0 unspecified atom stereocenters. The van der Waals surface area contributed by atoms with Gasteiger partial charge in [0.25, 0.3) is 0 Å². The first kappa shape index (κ1) is 28.8. The summed E-state index contributed by atoms with van der Waals surface area (Å²) in [5.74, 6) is 2.50. The maximum absolute atomic E-state index is 14.0. The van der Waals surface area contributed by atoms with Crippen molar-refractivity contribution in [3.63, 3.8) is 0 Å². The number of hydrogen-bond acceptors (Lipinski definition) is 5. The van der Waals surface area contributed by atoms with Gasteiger partial charge < -0.3 is 9.47 Å². The molecule has 0 atom stereocenters. The SMILES string of the molecule is Cc1nn(-c2ccccc2)c(Oc2ccccc2)c1/C=C1\CC/C(=C\c2c(C)nn(-c3ccccc3)c2Oc2ccccc2)C1=O. The van der Waals surface area contributed by atoms with Gasteiger partial charge >= 0.3 is 0 Å². The number of allylic oxidation sites excluding steroid dienone is 2. The highest BCUT2D eigenvalue weighted by Crippen LogP contribution is 2.38. The number of carbonyl (C=O) groups excluding carboxylic acids is 1. The summed E-state index contributed by atoms with van der Waals surface area (Å²) in [4.78, 5) is 14.0. The Balaban J connectivity index is 1.27.